The van der Waals surface area contributed by atoms with Crippen molar-refractivity contribution in [1.82, 2.24) is 5.16 Å². The summed E-state index contributed by atoms with van der Waals surface area (Å²) in [4.78, 5) is 12.2. The summed E-state index contributed by atoms with van der Waals surface area (Å²) in [5, 5.41) is 9.93. The second-order valence-electron chi connectivity index (χ2n) is 7.93. The highest BCUT2D eigenvalue weighted by atomic mass is 16.5. The van der Waals surface area contributed by atoms with Crippen molar-refractivity contribution in [3.8, 4) is 11.1 Å². The van der Waals surface area contributed by atoms with Crippen LogP contribution in [0.5, 0.6) is 0 Å². The third kappa shape index (κ3) is 3.58. The Morgan fingerprint density at radius 2 is 1.85 bits per heavy atom. The molecule has 2 aromatic carbocycles. The van der Waals surface area contributed by atoms with Gasteiger partial charge in [0.2, 0.25) is 11.8 Å². The summed E-state index contributed by atoms with van der Waals surface area (Å²) in [6.07, 6.45) is 0.931. The van der Waals surface area contributed by atoms with E-state index in [9.17, 15) is 4.79 Å². The van der Waals surface area contributed by atoms with Crippen molar-refractivity contribution in [2.45, 2.75) is 32.6 Å². The third-order valence-corrected chi connectivity index (χ3v) is 4.79. The van der Waals surface area contributed by atoms with Gasteiger partial charge in [0.15, 0.2) is 0 Å². The Morgan fingerprint density at radius 3 is 2.63 bits per heavy atom. The van der Waals surface area contributed by atoms with Gasteiger partial charge >= 0.3 is 0 Å². The highest BCUT2D eigenvalue weighted by Gasteiger charge is 2.20. The number of benzene rings is 2. The molecule has 1 aliphatic rings. The minimum absolute atomic E-state index is 0.118. The van der Waals surface area contributed by atoms with Crippen LogP contribution in [0.15, 0.2) is 53.1 Å². The summed E-state index contributed by atoms with van der Waals surface area (Å²) in [6.45, 7) is 6.30. The number of amides is 1. The van der Waals surface area contributed by atoms with Crippen LogP contribution >= 0.6 is 0 Å². The van der Waals surface area contributed by atoms with Crippen molar-refractivity contribution < 1.29 is 9.32 Å². The first-order valence-corrected chi connectivity index (χ1v) is 9.12. The fraction of sp³-hybridized carbons (Fsp3) is 0.273. The van der Waals surface area contributed by atoms with Crippen LogP contribution in [0, 0.1) is 0 Å². The average Bonchev–Trinajstić information content (AvgIpc) is 3.23. The van der Waals surface area contributed by atoms with E-state index in [1.807, 2.05) is 26.8 Å². The van der Waals surface area contributed by atoms with Gasteiger partial charge in [0.25, 0.3) is 0 Å². The number of nitrogens with one attached hydrogen (secondary N) is 2. The molecule has 0 atom stereocenters. The van der Waals surface area contributed by atoms with Crippen LogP contribution in [0.3, 0.4) is 0 Å². The first-order valence-electron chi connectivity index (χ1n) is 9.12. The summed E-state index contributed by atoms with van der Waals surface area (Å²) in [5.74, 6) is 0.200. The molecule has 2 N–H and O–H groups in total. The molecule has 3 aromatic rings. The molecule has 5 nitrogen and oxygen atoms in total. The molecule has 0 unspecified atom stereocenters. The van der Waals surface area contributed by atoms with Gasteiger partial charge in [-0.3, -0.25) is 10.1 Å². The minimum Gasteiger partial charge on any atom is -0.376 e. The van der Waals surface area contributed by atoms with Crippen molar-refractivity contribution in [3.63, 3.8) is 0 Å². The third-order valence-electron chi connectivity index (χ3n) is 4.79. The van der Waals surface area contributed by atoms with Gasteiger partial charge in [-0.05, 0) is 40.8 Å². The van der Waals surface area contributed by atoms with E-state index < -0.39 is 0 Å². The molecule has 0 bridgehead atoms. The van der Waals surface area contributed by atoms with Gasteiger partial charge in [-0.25, -0.2) is 0 Å². The number of anilines is 2. The Hall–Kier alpha value is -3.08. The lowest BCUT2D eigenvalue weighted by atomic mass is 9.92. The maximum atomic E-state index is 12.2. The van der Waals surface area contributed by atoms with E-state index in [0.29, 0.717) is 5.88 Å². The molecule has 1 aromatic heterocycles. The number of nitrogens with zero attached hydrogens (tertiary/aromatic N) is 1. The highest BCUT2D eigenvalue weighted by Crippen LogP contribution is 2.37. The molecule has 0 aliphatic heterocycles. The lowest BCUT2D eigenvalue weighted by Crippen LogP contribution is -2.21. The minimum atomic E-state index is -0.171. The quantitative estimate of drug-likeness (QED) is 0.558. The second kappa shape index (κ2) is 6.58. The molecule has 0 spiro atoms. The molecule has 0 saturated heterocycles. The maximum absolute atomic E-state index is 12.2. The number of fused-ring (bicyclic) bond motifs is 3. The van der Waals surface area contributed by atoms with E-state index >= 15 is 0 Å². The molecule has 1 aliphatic carbocycles. The van der Waals surface area contributed by atoms with Crippen LogP contribution in [-0.2, 0) is 16.6 Å². The van der Waals surface area contributed by atoms with Gasteiger partial charge in [0, 0.05) is 17.2 Å². The predicted molar refractivity (Wildman–Crippen MR) is 107 cm³/mol. The molecular weight excluding hydrogens is 338 g/mol. The van der Waals surface area contributed by atoms with Crippen LogP contribution in [0.4, 0.5) is 11.6 Å². The SMILES string of the molecule is CC(C)(C)c1cc(NC(=O)CNc2ccc3c(c2)Cc2ccccc2-3)on1. The number of aromatic nitrogens is 1. The maximum Gasteiger partial charge on any atom is 0.246 e. The standard InChI is InChI=1S/C22H23N3O2/c1-22(2,3)19-12-21(27-25-19)24-20(26)13-23-16-8-9-18-15(11-16)10-14-6-4-5-7-17(14)18/h4-9,11-12,23H,10,13H2,1-3H3,(H,24,26). The zero-order chi connectivity index (χ0) is 19.0. The number of carbonyl (C=O) groups is 1. The van der Waals surface area contributed by atoms with E-state index in [-0.39, 0.29) is 17.9 Å². The van der Waals surface area contributed by atoms with E-state index in [1.54, 1.807) is 6.07 Å². The van der Waals surface area contributed by atoms with Crippen molar-refractivity contribution in [2.75, 3.05) is 17.2 Å². The summed E-state index contributed by atoms with van der Waals surface area (Å²) in [5.41, 5.74) is 6.84. The Labute approximate surface area is 158 Å². The average molecular weight is 361 g/mol. The first kappa shape index (κ1) is 17.3. The Kier molecular flexibility index (Phi) is 4.22. The lowest BCUT2D eigenvalue weighted by molar-refractivity contribution is -0.114. The summed E-state index contributed by atoms with van der Waals surface area (Å²) in [7, 11) is 0. The monoisotopic (exact) mass is 361 g/mol. The lowest BCUT2D eigenvalue weighted by Gasteiger charge is -2.12. The molecule has 0 radical (unpaired) electrons. The molecule has 0 fully saturated rings. The molecule has 27 heavy (non-hydrogen) atoms. The van der Waals surface area contributed by atoms with Gasteiger partial charge in [-0.15, -0.1) is 0 Å². The largest absolute Gasteiger partial charge is 0.376 e. The molecule has 1 amide bonds. The molecular formula is C22H23N3O2. The van der Waals surface area contributed by atoms with E-state index in [0.717, 1.165) is 17.8 Å². The number of hydrogen-bond donors (Lipinski definition) is 2. The summed E-state index contributed by atoms with van der Waals surface area (Å²) >= 11 is 0. The predicted octanol–water partition coefficient (Wildman–Crippen LogP) is 4.59. The van der Waals surface area contributed by atoms with E-state index in [1.165, 1.54) is 22.3 Å². The Balaban J connectivity index is 1.37. The molecule has 4 rings (SSSR count). The van der Waals surface area contributed by atoms with Gasteiger partial charge in [0.1, 0.15) is 0 Å². The van der Waals surface area contributed by atoms with Crippen molar-refractivity contribution in [1.29, 1.82) is 0 Å². The van der Waals surface area contributed by atoms with E-state index in [4.69, 9.17) is 4.52 Å². The van der Waals surface area contributed by atoms with Crippen LogP contribution < -0.4 is 10.6 Å². The molecule has 0 saturated carbocycles. The zero-order valence-corrected chi connectivity index (χ0v) is 15.8. The molecule has 138 valence electrons. The highest BCUT2D eigenvalue weighted by molar-refractivity contribution is 5.92. The normalized spacial score (nSPS) is 12.4. The fourth-order valence-corrected chi connectivity index (χ4v) is 3.31. The summed E-state index contributed by atoms with van der Waals surface area (Å²) in [6, 6.07) is 16.5. The van der Waals surface area contributed by atoms with Gasteiger partial charge in [-0.1, -0.05) is 56.3 Å². The van der Waals surface area contributed by atoms with Gasteiger partial charge in [0.05, 0.1) is 12.2 Å². The number of hydrogen-bond acceptors (Lipinski definition) is 4. The van der Waals surface area contributed by atoms with Gasteiger partial charge < -0.3 is 9.84 Å². The number of rotatable bonds is 4. The van der Waals surface area contributed by atoms with Crippen LogP contribution in [0.25, 0.3) is 11.1 Å². The topological polar surface area (TPSA) is 67.2 Å². The van der Waals surface area contributed by atoms with Gasteiger partial charge in [-0.2, -0.15) is 0 Å². The van der Waals surface area contributed by atoms with E-state index in [2.05, 4.69) is 52.2 Å². The van der Waals surface area contributed by atoms with Crippen molar-refractivity contribution >= 4 is 17.5 Å². The Morgan fingerprint density at radius 1 is 1.07 bits per heavy atom. The zero-order valence-electron chi connectivity index (χ0n) is 15.8. The van der Waals surface area contributed by atoms with Crippen LogP contribution in [-0.4, -0.2) is 17.6 Å². The smallest absolute Gasteiger partial charge is 0.246 e. The fourth-order valence-electron chi connectivity index (χ4n) is 3.31. The second-order valence-corrected chi connectivity index (χ2v) is 7.93. The van der Waals surface area contributed by atoms with Crippen molar-refractivity contribution in [2.24, 2.45) is 0 Å². The summed E-state index contributed by atoms with van der Waals surface area (Å²) < 4.78 is 5.20. The Bertz CT molecular complexity index is 999. The first-order chi connectivity index (χ1) is 12.9. The van der Waals surface area contributed by atoms with Crippen LogP contribution in [0.1, 0.15) is 37.6 Å². The molecule has 5 heteroatoms. The van der Waals surface area contributed by atoms with Crippen molar-refractivity contribution in [3.05, 3.63) is 65.4 Å². The molecule has 1 heterocycles. The number of carbonyl (C=O) groups excluding carboxylic acids is 1. The van der Waals surface area contributed by atoms with Crippen LogP contribution in [0.2, 0.25) is 0 Å².